The second kappa shape index (κ2) is 7.20. The Morgan fingerprint density at radius 3 is 2.85 bits per heavy atom. The minimum absolute atomic E-state index is 0.0979. The molecule has 0 aliphatic carbocycles. The van der Waals surface area contributed by atoms with Crippen molar-refractivity contribution in [1.82, 2.24) is 10.3 Å². The molecule has 0 aliphatic rings. The van der Waals surface area contributed by atoms with E-state index in [-0.39, 0.29) is 11.9 Å². The Labute approximate surface area is 131 Å². The maximum absolute atomic E-state index is 14.2. The van der Waals surface area contributed by atoms with Crippen molar-refractivity contribution in [2.45, 2.75) is 29.8 Å². The molecule has 0 radical (unpaired) electrons. The quantitative estimate of drug-likeness (QED) is 0.834. The van der Waals surface area contributed by atoms with Gasteiger partial charge < -0.3 is 5.32 Å². The van der Waals surface area contributed by atoms with Crippen LogP contribution in [0.15, 0.2) is 50.9 Å². The van der Waals surface area contributed by atoms with Gasteiger partial charge in [0.2, 0.25) is 0 Å². The molecule has 106 valence electrons. The first kappa shape index (κ1) is 15.5. The molecule has 1 aromatic heterocycles. The molecule has 1 unspecified atom stereocenters. The third-order valence-corrected chi connectivity index (χ3v) is 4.95. The Morgan fingerprint density at radius 1 is 1.35 bits per heavy atom. The highest BCUT2D eigenvalue weighted by Crippen LogP contribution is 2.37. The van der Waals surface area contributed by atoms with E-state index in [1.54, 1.807) is 12.3 Å². The second-order valence-corrected chi connectivity index (χ2v) is 6.18. The molecule has 1 heterocycles. The van der Waals surface area contributed by atoms with Crippen LogP contribution in [0.3, 0.4) is 0 Å². The molecular formula is C15H16BrFN2S. The van der Waals surface area contributed by atoms with Crippen LogP contribution in [-0.4, -0.2) is 11.5 Å². The molecule has 0 saturated heterocycles. The maximum Gasteiger partial charge on any atom is 0.137 e. The summed E-state index contributed by atoms with van der Waals surface area (Å²) in [6.07, 6.45) is 1.71. The van der Waals surface area contributed by atoms with Crippen LogP contribution >= 0.6 is 27.7 Å². The molecule has 0 fully saturated rings. The summed E-state index contributed by atoms with van der Waals surface area (Å²) in [6.45, 7) is 4.92. The zero-order valence-electron chi connectivity index (χ0n) is 11.4. The third kappa shape index (κ3) is 3.59. The fraction of sp³-hybridized carbons (Fsp3) is 0.267. The van der Waals surface area contributed by atoms with Gasteiger partial charge in [-0.3, -0.25) is 0 Å². The van der Waals surface area contributed by atoms with Crippen LogP contribution in [0, 0.1) is 5.82 Å². The Balaban J connectivity index is 2.38. The van der Waals surface area contributed by atoms with Crippen molar-refractivity contribution in [3.63, 3.8) is 0 Å². The predicted octanol–water partition coefficient (Wildman–Crippen LogP) is 4.80. The Kier molecular flexibility index (Phi) is 5.57. The highest BCUT2D eigenvalue weighted by atomic mass is 79.9. The second-order valence-electron chi connectivity index (χ2n) is 4.33. The number of hydrogen-bond acceptors (Lipinski definition) is 3. The van der Waals surface area contributed by atoms with Crippen LogP contribution in [0.25, 0.3) is 0 Å². The molecule has 1 N–H and O–H groups in total. The van der Waals surface area contributed by atoms with Gasteiger partial charge in [0.05, 0.1) is 9.37 Å². The molecule has 2 aromatic rings. The summed E-state index contributed by atoms with van der Waals surface area (Å²) in [4.78, 5) is 4.92. The fourth-order valence-electron chi connectivity index (χ4n) is 1.93. The molecule has 1 atom stereocenters. The molecule has 0 aliphatic heterocycles. The molecule has 0 bridgehead atoms. The lowest BCUT2D eigenvalue weighted by Crippen LogP contribution is -2.18. The van der Waals surface area contributed by atoms with Gasteiger partial charge in [-0.1, -0.05) is 30.8 Å². The SMILES string of the molecule is CCNC(C)c1cccc(F)c1Sc1ncccc1Br. The summed E-state index contributed by atoms with van der Waals surface area (Å²) in [5.74, 6) is -0.213. The van der Waals surface area contributed by atoms with Gasteiger partial charge in [-0.15, -0.1) is 0 Å². The molecule has 20 heavy (non-hydrogen) atoms. The molecule has 2 nitrogen and oxygen atoms in total. The van der Waals surface area contributed by atoms with Crippen molar-refractivity contribution in [2.75, 3.05) is 6.54 Å². The van der Waals surface area contributed by atoms with E-state index in [0.29, 0.717) is 4.90 Å². The number of halogens is 2. The smallest absolute Gasteiger partial charge is 0.137 e. The number of pyridine rings is 1. The van der Waals surface area contributed by atoms with Gasteiger partial charge in [0.25, 0.3) is 0 Å². The maximum atomic E-state index is 14.2. The monoisotopic (exact) mass is 354 g/mol. The van der Waals surface area contributed by atoms with Crippen molar-refractivity contribution in [3.05, 3.63) is 52.4 Å². The van der Waals surface area contributed by atoms with Crippen molar-refractivity contribution in [2.24, 2.45) is 0 Å². The van der Waals surface area contributed by atoms with E-state index in [2.05, 4.69) is 26.2 Å². The molecular weight excluding hydrogens is 339 g/mol. The van der Waals surface area contributed by atoms with Crippen LogP contribution in [0.2, 0.25) is 0 Å². The van der Waals surface area contributed by atoms with E-state index in [4.69, 9.17) is 0 Å². The number of aromatic nitrogens is 1. The van der Waals surface area contributed by atoms with Crippen LogP contribution in [0.5, 0.6) is 0 Å². The predicted molar refractivity (Wildman–Crippen MR) is 84.6 cm³/mol. The minimum atomic E-state index is -0.213. The van der Waals surface area contributed by atoms with Gasteiger partial charge in [0, 0.05) is 12.2 Å². The standard InChI is InChI=1S/C15H16BrFN2S/c1-3-18-10(2)11-6-4-8-13(17)14(11)20-15-12(16)7-5-9-19-15/h4-10,18H,3H2,1-2H3. The van der Waals surface area contributed by atoms with Crippen LogP contribution in [0.4, 0.5) is 4.39 Å². The van der Waals surface area contributed by atoms with Crippen molar-refractivity contribution >= 4 is 27.7 Å². The number of benzene rings is 1. The zero-order chi connectivity index (χ0) is 14.5. The minimum Gasteiger partial charge on any atom is -0.310 e. The van der Waals surface area contributed by atoms with Crippen molar-refractivity contribution in [1.29, 1.82) is 0 Å². The van der Waals surface area contributed by atoms with E-state index >= 15 is 0 Å². The van der Waals surface area contributed by atoms with Crippen LogP contribution in [-0.2, 0) is 0 Å². The van der Waals surface area contributed by atoms with E-state index in [1.807, 2.05) is 32.0 Å². The normalized spacial score (nSPS) is 12.4. The van der Waals surface area contributed by atoms with Crippen LogP contribution < -0.4 is 5.32 Å². The zero-order valence-corrected chi connectivity index (χ0v) is 13.8. The van der Waals surface area contributed by atoms with Gasteiger partial charge in [-0.05, 0) is 53.2 Å². The average molecular weight is 355 g/mol. The molecule has 0 saturated carbocycles. The molecule has 5 heteroatoms. The highest BCUT2D eigenvalue weighted by molar-refractivity contribution is 9.10. The lowest BCUT2D eigenvalue weighted by Gasteiger charge is -2.17. The number of nitrogens with zero attached hydrogens (tertiary/aromatic N) is 1. The fourth-order valence-corrected chi connectivity index (χ4v) is 3.43. The third-order valence-electron chi connectivity index (χ3n) is 2.90. The summed E-state index contributed by atoms with van der Waals surface area (Å²) < 4.78 is 15.0. The van der Waals surface area contributed by atoms with Gasteiger partial charge in [0.1, 0.15) is 10.8 Å². The number of nitrogens with one attached hydrogen (secondary N) is 1. The lowest BCUT2D eigenvalue weighted by atomic mass is 10.1. The summed E-state index contributed by atoms with van der Waals surface area (Å²) in [7, 11) is 0. The molecule has 2 rings (SSSR count). The topological polar surface area (TPSA) is 24.9 Å². The van der Waals surface area contributed by atoms with E-state index in [0.717, 1.165) is 21.6 Å². The number of hydrogen-bond donors (Lipinski definition) is 1. The Bertz CT molecular complexity index is 592. The number of rotatable bonds is 5. The Morgan fingerprint density at radius 2 is 2.15 bits per heavy atom. The molecule has 1 aromatic carbocycles. The summed E-state index contributed by atoms with van der Waals surface area (Å²) >= 11 is 4.80. The van der Waals surface area contributed by atoms with Crippen LogP contribution in [0.1, 0.15) is 25.5 Å². The van der Waals surface area contributed by atoms with Crippen molar-refractivity contribution in [3.8, 4) is 0 Å². The lowest BCUT2D eigenvalue weighted by molar-refractivity contribution is 0.557. The van der Waals surface area contributed by atoms with E-state index in [9.17, 15) is 4.39 Å². The first-order valence-electron chi connectivity index (χ1n) is 6.43. The van der Waals surface area contributed by atoms with E-state index in [1.165, 1.54) is 17.8 Å². The summed E-state index contributed by atoms with van der Waals surface area (Å²) in [5.41, 5.74) is 0.953. The van der Waals surface area contributed by atoms with E-state index < -0.39 is 0 Å². The highest BCUT2D eigenvalue weighted by Gasteiger charge is 2.16. The van der Waals surface area contributed by atoms with Crippen molar-refractivity contribution < 1.29 is 4.39 Å². The summed E-state index contributed by atoms with van der Waals surface area (Å²) in [5, 5.41) is 4.08. The first-order chi connectivity index (χ1) is 9.63. The largest absolute Gasteiger partial charge is 0.310 e. The molecule has 0 spiro atoms. The van der Waals surface area contributed by atoms with Gasteiger partial charge in [0.15, 0.2) is 0 Å². The average Bonchev–Trinajstić information content (AvgIpc) is 2.43. The Hall–Kier alpha value is -0.910. The summed E-state index contributed by atoms with van der Waals surface area (Å²) in [6, 6.07) is 9.04. The van der Waals surface area contributed by atoms with Gasteiger partial charge >= 0.3 is 0 Å². The first-order valence-corrected chi connectivity index (χ1v) is 8.04. The van der Waals surface area contributed by atoms with Gasteiger partial charge in [-0.2, -0.15) is 0 Å². The molecule has 0 amide bonds. The van der Waals surface area contributed by atoms with Gasteiger partial charge in [-0.25, -0.2) is 9.37 Å².